The van der Waals surface area contributed by atoms with E-state index in [4.69, 9.17) is 14.8 Å². The van der Waals surface area contributed by atoms with E-state index in [-0.39, 0.29) is 24.9 Å². The first kappa shape index (κ1) is 26.7. The first-order valence-electron chi connectivity index (χ1n) is 13.3. The molecule has 0 radical (unpaired) electrons. The van der Waals surface area contributed by atoms with Crippen molar-refractivity contribution in [2.24, 2.45) is 16.3 Å². The molecule has 1 heterocycles. The second-order valence-corrected chi connectivity index (χ2v) is 11.4. The number of nitrogens with one attached hydrogen (secondary N) is 1. The van der Waals surface area contributed by atoms with Crippen molar-refractivity contribution in [3.8, 4) is 0 Å². The number of rotatable bonds is 7. The smallest absolute Gasteiger partial charge is 0.305 e. The molecule has 198 valence electrons. The lowest BCUT2D eigenvalue weighted by Gasteiger charge is -2.41. The van der Waals surface area contributed by atoms with Gasteiger partial charge in [0.25, 0.3) is 11.9 Å². The molecule has 2 aliphatic rings. The first-order valence-corrected chi connectivity index (χ1v) is 13.3. The second-order valence-electron chi connectivity index (χ2n) is 11.4. The molecule has 7 heteroatoms. The number of carboxylic acid groups (broad SMARTS) is 1. The fraction of sp³-hybridized carbons (Fsp3) is 0.500. The van der Waals surface area contributed by atoms with Crippen molar-refractivity contribution in [3.05, 3.63) is 65.2 Å². The number of benzene rings is 2. The van der Waals surface area contributed by atoms with Crippen LogP contribution in [-0.4, -0.2) is 47.1 Å². The number of nitrogens with zero attached hydrogens (tertiary/aromatic N) is 2. The van der Waals surface area contributed by atoms with Gasteiger partial charge in [0.15, 0.2) is 0 Å². The summed E-state index contributed by atoms with van der Waals surface area (Å²) in [6, 6.07) is 16.7. The Kier molecular flexibility index (Phi) is 8.20. The van der Waals surface area contributed by atoms with Crippen molar-refractivity contribution in [2.75, 3.05) is 13.2 Å². The number of aliphatic imine (C=N–C) groups is 1. The van der Waals surface area contributed by atoms with Crippen molar-refractivity contribution in [2.45, 2.75) is 71.9 Å². The van der Waals surface area contributed by atoms with Crippen LogP contribution in [0, 0.1) is 18.3 Å². The van der Waals surface area contributed by atoms with E-state index in [1.165, 1.54) is 12.8 Å². The van der Waals surface area contributed by atoms with Crippen LogP contribution in [-0.2, 0) is 9.53 Å². The van der Waals surface area contributed by atoms with Crippen LogP contribution in [0.1, 0.15) is 80.4 Å². The molecule has 0 spiro atoms. The Morgan fingerprint density at radius 3 is 2.41 bits per heavy atom. The highest BCUT2D eigenvalue weighted by Gasteiger charge is 2.40. The number of aryl methyl sites for hydroxylation is 1. The van der Waals surface area contributed by atoms with Gasteiger partial charge in [-0.3, -0.25) is 9.59 Å². The summed E-state index contributed by atoms with van der Waals surface area (Å²) >= 11 is 0. The normalized spacial score (nSPS) is 23.1. The number of carboxylic acids is 1. The number of carbonyl (C=O) groups excluding carboxylic acids is 1. The maximum atomic E-state index is 12.4. The van der Waals surface area contributed by atoms with Gasteiger partial charge in [-0.05, 0) is 79.3 Å². The molecule has 37 heavy (non-hydrogen) atoms. The molecule has 0 aromatic heterocycles. The molecule has 2 fully saturated rings. The van der Waals surface area contributed by atoms with Crippen LogP contribution in [0.3, 0.4) is 0 Å². The molecule has 2 N–H and O–H groups in total. The standard InChI is InChI=1S/C30H39N3O4/c1-20-6-5-7-24(18-20)32-29-33(25-14-12-23(13-15-25)30(2,3)4)26(19-37-29)21-8-10-22(11-9-21)28(36)31-17-16-27(34)35/h5-11,18,23,25-26H,12-17,19H2,1-4H3,(H,31,36)(H,34,35)/b32-29-. The minimum atomic E-state index is -0.934. The van der Waals surface area contributed by atoms with E-state index in [0.29, 0.717) is 35.6 Å². The molecule has 1 amide bonds. The third kappa shape index (κ3) is 6.70. The van der Waals surface area contributed by atoms with Crippen LogP contribution in [0.2, 0.25) is 0 Å². The van der Waals surface area contributed by atoms with Gasteiger partial charge in [-0.1, -0.05) is 45.0 Å². The SMILES string of the molecule is Cc1cccc(/N=C2\OCC(c3ccc(C(=O)NCCC(=O)O)cc3)N2C2CCC(C(C)(C)C)CC2)c1. The van der Waals surface area contributed by atoms with Gasteiger partial charge < -0.3 is 20.1 Å². The third-order valence-corrected chi connectivity index (χ3v) is 7.65. The monoisotopic (exact) mass is 505 g/mol. The van der Waals surface area contributed by atoms with E-state index in [2.05, 4.69) is 50.0 Å². The van der Waals surface area contributed by atoms with Crippen molar-refractivity contribution < 1.29 is 19.4 Å². The largest absolute Gasteiger partial charge is 0.481 e. The van der Waals surface area contributed by atoms with Crippen molar-refractivity contribution in [3.63, 3.8) is 0 Å². The Balaban J connectivity index is 1.55. The van der Waals surface area contributed by atoms with Gasteiger partial charge >= 0.3 is 5.97 Å². The van der Waals surface area contributed by atoms with Crippen molar-refractivity contribution in [1.82, 2.24) is 10.2 Å². The molecular weight excluding hydrogens is 466 g/mol. The lowest BCUT2D eigenvalue weighted by atomic mass is 9.71. The van der Waals surface area contributed by atoms with Crippen molar-refractivity contribution >= 4 is 23.6 Å². The van der Waals surface area contributed by atoms with E-state index in [1.54, 1.807) is 12.1 Å². The number of hydrogen-bond donors (Lipinski definition) is 2. The highest BCUT2D eigenvalue weighted by molar-refractivity contribution is 5.94. The van der Waals surface area contributed by atoms with Gasteiger partial charge in [-0.2, -0.15) is 4.99 Å². The molecule has 1 saturated carbocycles. The molecule has 1 unspecified atom stereocenters. The Bertz CT molecular complexity index is 1130. The summed E-state index contributed by atoms with van der Waals surface area (Å²) in [7, 11) is 0. The molecule has 1 aliphatic carbocycles. The minimum absolute atomic E-state index is 0.0175. The van der Waals surface area contributed by atoms with Crippen LogP contribution >= 0.6 is 0 Å². The summed E-state index contributed by atoms with van der Waals surface area (Å²) in [6.07, 6.45) is 4.46. The zero-order valence-corrected chi connectivity index (χ0v) is 22.4. The summed E-state index contributed by atoms with van der Waals surface area (Å²) in [6.45, 7) is 9.69. The number of hydrogen-bond acceptors (Lipinski definition) is 4. The fourth-order valence-corrected chi connectivity index (χ4v) is 5.47. The summed E-state index contributed by atoms with van der Waals surface area (Å²) in [5, 5.41) is 11.5. The molecule has 2 aromatic carbocycles. The topological polar surface area (TPSA) is 91.2 Å². The summed E-state index contributed by atoms with van der Waals surface area (Å²) < 4.78 is 6.22. The molecular formula is C30H39N3O4. The van der Waals surface area contributed by atoms with Gasteiger partial charge in [0, 0.05) is 18.2 Å². The number of amides is 1. The predicted molar refractivity (Wildman–Crippen MR) is 145 cm³/mol. The van der Waals surface area contributed by atoms with Crippen LogP contribution in [0.25, 0.3) is 0 Å². The molecule has 7 nitrogen and oxygen atoms in total. The lowest BCUT2D eigenvalue weighted by Crippen LogP contribution is -2.42. The minimum Gasteiger partial charge on any atom is -0.481 e. The average molecular weight is 506 g/mol. The van der Waals surface area contributed by atoms with Crippen molar-refractivity contribution in [1.29, 1.82) is 0 Å². The van der Waals surface area contributed by atoms with Gasteiger partial charge in [0.1, 0.15) is 6.61 Å². The van der Waals surface area contributed by atoms with Crippen LogP contribution in [0.5, 0.6) is 0 Å². The Hall–Kier alpha value is -3.35. The number of amidine groups is 1. The fourth-order valence-electron chi connectivity index (χ4n) is 5.47. The van der Waals surface area contributed by atoms with Crippen LogP contribution < -0.4 is 5.32 Å². The molecule has 4 rings (SSSR count). The lowest BCUT2D eigenvalue weighted by molar-refractivity contribution is -0.136. The molecule has 2 aromatic rings. The highest BCUT2D eigenvalue weighted by atomic mass is 16.5. The maximum Gasteiger partial charge on any atom is 0.305 e. The summed E-state index contributed by atoms with van der Waals surface area (Å²) in [5.41, 5.74) is 3.95. The quantitative estimate of drug-likeness (QED) is 0.491. The van der Waals surface area contributed by atoms with Crippen LogP contribution in [0.15, 0.2) is 53.5 Å². The van der Waals surface area contributed by atoms with Gasteiger partial charge in [0.2, 0.25) is 0 Å². The molecule has 0 bridgehead atoms. The van der Waals surface area contributed by atoms with Gasteiger partial charge in [-0.25, -0.2) is 0 Å². The average Bonchev–Trinajstić information content (AvgIpc) is 3.26. The van der Waals surface area contributed by atoms with E-state index in [9.17, 15) is 9.59 Å². The molecule has 1 atom stereocenters. The molecule has 1 saturated heterocycles. The number of aliphatic carboxylic acids is 1. The first-order chi connectivity index (χ1) is 17.6. The maximum absolute atomic E-state index is 12.4. The summed E-state index contributed by atoms with van der Waals surface area (Å²) in [4.78, 5) is 30.4. The van der Waals surface area contributed by atoms with E-state index < -0.39 is 5.97 Å². The Labute approximate surface area is 219 Å². The molecule has 1 aliphatic heterocycles. The van der Waals surface area contributed by atoms with Gasteiger partial charge in [0.05, 0.1) is 18.2 Å². The Morgan fingerprint density at radius 1 is 1.08 bits per heavy atom. The van der Waals surface area contributed by atoms with E-state index >= 15 is 0 Å². The number of ether oxygens (including phenoxy) is 1. The zero-order valence-electron chi connectivity index (χ0n) is 22.4. The van der Waals surface area contributed by atoms with E-state index in [0.717, 1.165) is 29.7 Å². The third-order valence-electron chi connectivity index (χ3n) is 7.65. The van der Waals surface area contributed by atoms with Gasteiger partial charge in [-0.15, -0.1) is 0 Å². The second kappa shape index (κ2) is 11.4. The zero-order chi connectivity index (χ0) is 26.6. The predicted octanol–water partition coefficient (Wildman–Crippen LogP) is 5.87. The summed E-state index contributed by atoms with van der Waals surface area (Å²) in [5.74, 6) is -0.493. The number of carbonyl (C=O) groups is 2. The highest BCUT2D eigenvalue weighted by Crippen LogP contribution is 2.42. The Morgan fingerprint density at radius 2 is 1.78 bits per heavy atom. The van der Waals surface area contributed by atoms with Crippen LogP contribution in [0.4, 0.5) is 5.69 Å². The van der Waals surface area contributed by atoms with E-state index in [1.807, 2.05) is 24.3 Å².